The third kappa shape index (κ3) is 4.39. The van der Waals surface area contributed by atoms with Crippen molar-refractivity contribution in [2.75, 3.05) is 6.61 Å². The quantitative estimate of drug-likeness (QED) is 0.662. The van der Waals surface area contributed by atoms with Gasteiger partial charge in [0.25, 0.3) is 0 Å². The average molecular weight is 352 g/mol. The Balaban J connectivity index is 2.24. The van der Waals surface area contributed by atoms with E-state index >= 15 is 0 Å². The highest BCUT2D eigenvalue weighted by molar-refractivity contribution is 5.70. The van der Waals surface area contributed by atoms with Crippen LogP contribution in [0.3, 0.4) is 0 Å². The van der Waals surface area contributed by atoms with E-state index in [1.54, 1.807) is 40.7 Å². The number of carbonyl (C=O) groups excluding carboxylic acids is 1. The molecular weight excluding hydrogens is 328 g/mol. The van der Waals surface area contributed by atoms with Crippen LogP contribution in [0.4, 0.5) is 10.5 Å². The molecular formula is C17H24N2O6. The first-order chi connectivity index (χ1) is 11.4. The van der Waals surface area contributed by atoms with Crippen molar-refractivity contribution in [3.63, 3.8) is 0 Å². The summed E-state index contributed by atoms with van der Waals surface area (Å²) >= 11 is 0. The molecule has 0 spiro atoms. The number of rotatable bonds is 3. The zero-order chi connectivity index (χ0) is 19.0. The van der Waals surface area contributed by atoms with Crippen LogP contribution < -0.4 is 0 Å². The Morgan fingerprint density at radius 3 is 2.68 bits per heavy atom. The van der Waals surface area contributed by atoms with Crippen LogP contribution in [-0.2, 0) is 15.9 Å². The third-order valence-corrected chi connectivity index (χ3v) is 3.87. The van der Waals surface area contributed by atoms with Crippen molar-refractivity contribution in [3.05, 3.63) is 33.9 Å². The first-order valence-corrected chi connectivity index (χ1v) is 8.03. The Bertz CT molecular complexity index is 680. The molecule has 0 bridgehead atoms. The Hall–Kier alpha value is -2.35. The summed E-state index contributed by atoms with van der Waals surface area (Å²) in [5, 5.41) is 20.5. The molecule has 8 heteroatoms. The number of nitro benzene ring substituents is 1. The van der Waals surface area contributed by atoms with E-state index < -0.39 is 22.3 Å². The maximum absolute atomic E-state index is 12.6. The number of hydrogen-bond acceptors (Lipinski definition) is 6. The number of amides is 1. The van der Waals surface area contributed by atoms with Gasteiger partial charge in [0.2, 0.25) is 0 Å². The summed E-state index contributed by atoms with van der Waals surface area (Å²) < 4.78 is 11.2. The van der Waals surface area contributed by atoms with E-state index in [4.69, 9.17) is 9.47 Å². The number of nitrogens with zero attached hydrogens (tertiary/aromatic N) is 2. The van der Waals surface area contributed by atoms with Crippen molar-refractivity contribution in [2.45, 2.75) is 58.4 Å². The highest BCUT2D eigenvalue weighted by Crippen LogP contribution is 2.33. The molecule has 1 atom stereocenters. The van der Waals surface area contributed by atoms with Gasteiger partial charge in [-0.2, -0.15) is 0 Å². The smallest absolute Gasteiger partial charge is 0.412 e. The van der Waals surface area contributed by atoms with Gasteiger partial charge in [-0.25, -0.2) is 4.79 Å². The Morgan fingerprint density at radius 2 is 2.12 bits per heavy atom. The number of nitro groups is 1. The predicted molar refractivity (Wildman–Crippen MR) is 90.4 cm³/mol. The van der Waals surface area contributed by atoms with E-state index in [-0.39, 0.29) is 17.5 Å². The molecule has 0 saturated carbocycles. The summed E-state index contributed by atoms with van der Waals surface area (Å²) in [5.74, 6) is -0.388. The number of carbonyl (C=O) groups is 1. The molecule has 1 heterocycles. The monoisotopic (exact) mass is 352 g/mol. The molecule has 1 fully saturated rings. The summed E-state index contributed by atoms with van der Waals surface area (Å²) in [6, 6.07) is 3.87. The van der Waals surface area contributed by atoms with Gasteiger partial charge in [0.1, 0.15) is 11.3 Å². The van der Waals surface area contributed by atoms with E-state index in [0.717, 1.165) is 0 Å². The van der Waals surface area contributed by atoms with Crippen molar-refractivity contribution >= 4 is 11.8 Å². The van der Waals surface area contributed by atoms with Crippen LogP contribution in [0.5, 0.6) is 5.75 Å². The molecule has 1 aromatic carbocycles. The lowest BCUT2D eigenvalue weighted by Crippen LogP contribution is -2.50. The van der Waals surface area contributed by atoms with Crippen LogP contribution in [0.25, 0.3) is 0 Å². The molecule has 1 unspecified atom stereocenters. The van der Waals surface area contributed by atoms with E-state index in [1.807, 2.05) is 0 Å². The lowest BCUT2D eigenvalue weighted by molar-refractivity contribution is -0.385. The number of aromatic hydroxyl groups is 1. The molecule has 0 radical (unpaired) electrons. The number of benzene rings is 1. The highest BCUT2D eigenvalue weighted by Gasteiger charge is 2.45. The minimum atomic E-state index is -0.837. The molecule has 2 rings (SSSR count). The lowest BCUT2D eigenvalue weighted by atomic mass is 10.0. The fraction of sp³-hybridized carbons (Fsp3) is 0.588. The second-order valence-electron chi connectivity index (χ2n) is 7.55. The van der Waals surface area contributed by atoms with Gasteiger partial charge < -0.3 is 14.6 Å². The van der Waals surface area contributed by atoms with Gasteiger partial charge in [0.15, 0.2) is 5.75 Å². The Morgan fingerprint density at radius 1 is 1.48 bits per heavy atom. The summed E-state index contributed by atoms with van der Waals surface area (Å²) in [4.78, 5) is 24.4. The van der Waals surface area contributed by atoms with Crippen molar-refractivity contribution < 1.29 is 24.3 Å². The largest absolute Gasteiger partial charge is 0.502 e. The van der Waals surface area contributed by atoms with Gasteiger partial charge in [-0.3, -0.25) is 15.0 Å². The van der Waals surface area contributed by atoms with Crippen LogP contribution in [0.2, 0.25) is 0 Å². The van der Waals surface area contributed by atoms with Crippen molar-refractivity contribution in [3.8, 4) is 5.75 Å². The Labute approximate surface area is 146 Å². The average Bonchev–Trinajstić information content (AvgIpc) is 2.73. The molecule has 0 aliphatic carbocycles. The number of phenols is 1. The highest BCUT2D eigenvalue weighted by atomic mass is 16.6. The van der Waals surface area contributed by atoms with Gasteiger partial charge in [-0.05, 0) is 52.7 Å². The van der Waals surface area contributed by atoms with E-state index in [9.17, 15) is 20.0 Å². The molecule has 1 aliphatic rings. The molecule has 0 aromatic heterocycles. The second-order valence-corrected chi connectivity index (χ2v) is 7.55. The maximum Gasteiger partial charge on any atom is 0.412 e. The van der Waals surface area contributed by atoms with E-state index in [1.165, 1.54) is 17.0 Å². The van der Waals surface area contributed by atoms with Gasteiger partial charge >= 0.3 is 11.8 Å². The van der Waals surface area contributed by atoms with Crippen LogP contribution >= 0.6 is 0 Å². The Kier molecular flexibility index (Phi) is 4.94. The molecule has 1 aliphatic heterocycles. The van der Waals surface area contributed by atoms with Crippen molar-refractivity contribution in [2.24, 2.45) is 0 Å². The molecule has 138 valence electrons. The molecule has 25 heavy (non-hydrogen) atoms. The van der Waals surface area contributed by atoms with Crippen LogP contribution in [0.1, 0.15) is 40.2 Å². The fourth-order valence-corrected chi connectivity index (χ4v) is 2.83. The number of hydrogen-bond donors (Lipinski definition) is 1. The van der Waals surface area contributed by atoms with Crippen LogP contribution in [-0.4, -0.2) is 45.0 Å². The maximum atomic E-state index is 12.6. The summed E-state index contributed by atoms with van der Waals surface area (Å²) in [5.41, 5.74) is -1.21. The fourth-order valence-electron chi connectivity index (χ4n) is 2.83. The first-order valence-electron chi connectivity index (χ1n) is 8.03. The number of phenolic OH excluding ortho intramolecular Hbond substituents is 1. The van der Waals surface area contributed by atoms with E-state index in [2.05, 4.69) is 0 Å². The van der Waals surface area contributed by atoms with Gasteiger partial charge in [0, 0.05) is 6.07 Å². The topological polar surface area (TPSA) is 102 Å². The lowest BCUT2D eigenvalue weighted by Gasteiger charge is -2.35. The third-order valence-electron chi connectivity index (χ3n) is 3.87. The second kappa shape index (κ2) is 6.51. The molecule has 1 amide bonds. The van der Waals surface area contributed by atoms with Gasteiger partial charge in [-0.15, -0.1) is 0 Å². The summed E-state index contributed by atoms with van der Waals surface area (Å²) in [6.45, 7) is 9.20. The molecule has 1 saturated heterocycles. The van der Waals surface area contributed by atoms with Crippen LogP contribution in [0, 0.1) is 10.1 Å². The van der Waals surface area contributed by atoms with Crippen molar-refractivity contribution in [1.82, 2.24) is 4.90 Å². The van der Waals surface area contributed by atoms with Crippen molar-refractivity contribution in [1.29, 1.82) is 0 Å². The van der Waals surface area contributed by atoms with Crippen LogP contribution in [0.15, 0.2) is 18.2 Å². The zero-order valence-electron chi connectivity index (χ0n) is 15.1. The minimum Gasteiger partial charge on any atom is -0.502 e. The zero-order valence-corrected chi connectivity index (χ0v) is 15.1. The minimum absolute atomic E-state index is 0.293. The van der Waals surface area contributed by atoms with Gasteiger partial charge in [-0.1, -0.05) is 6.07 Å². The van der Waals surface area contributed by atoms with E-state index in [0.29, 0.717) is 18.6 Å². The molecule has 1 aromatic rings. The standard InChI is InChI=1S/C17H24N2O6/c1-16(2,3)25-15(21)18-12(10-24-17(18,4)5)8-11-6-7-14(20)13(9-11)19(22)23/h6-7,9,12,20H,8,10H2,1-5H3. The molecule has 8 nitrogen and oxygen atoms in total. The summed E-state index contributed by atoms with van der Waals surface area (Å²) in [6.07, 6.45) is -0.141. The SMILES string of the molecule is CC(C)(C)OC(=O)N1C(Cc2ccc(O)c([N+](=O)[O-])c2)COC1(C)C. The predicted octanol–water partition coefficient (Wildman–Crippen LogP) is 3.21. The molecule has 1 N–H and O–H groups in total. The number of ether oxygens (including phenoxy) is 2. The first kappa shape index (κ1) is 19.0. The van der Waals surface area contributed by atoms with Gasteiger partial charge in [0.05, 0.1) is 17.6 Å². The summed E-state index contributed by atoms with van der Waals surface area (Å²) in [7, 11) is 0. The normalized spacial score (nSPS) is 19.7.